The van der Waals surface area contributed by atoms with Crippen molar-refractivity contribution in [3.8, 4) is 0 Å². The predicted octanol–water partition coefficient (Wildman–Crippen LogP) is 2.98. The van der Waals surface area contributed by atoms with Crippen molar-refractivity contribution in [3.05, 3.63) is 58.3 Å². The van der Waals surface area contributed by atoms with E-state index >= 15 is 0 Å². The van der Waals surface area contributed by atoms with Crippen LogP contribution in [0.3, 0.4) is 0 Å². The van der Waals surface area contributed by atoms with Crippen LogP contribution in [0.1, 0.15) is 5.76 Å². The van der Waals surface area contributed by atoms with Gasteiger partial charge in [-0.15, -0.1) is 0 Å². The fourth-order valence-corrected chi connectivity index (χ4v) is 1.58. The lowest BCUT2D eigenvalue weighted by Crippen LogP contribution is -2.06. The second-order valence-electron chi connectivity index (χ2n) is 3.67. The SMILES string of the molecule is O=[N+]([O-])c1ccc(F)cc1NCCc1ccco1. The molecule has 0 aliphatic heterocycles. The number of benzene rings is 1. The van der Waals surface area contributed by atoms with Gasteiger partial charge in [0.2, 0.25) is 0 Å². The fraction of sp³-hybridized carbons (Fsp3) is 0.167. The van der Waals surface area contributed by atoms with E-state index in [4.69, 9.17) is 4.42 Å². The maximum absolute atomic E-state index is 13.0. The van der Waals surface area contributed by atoms with Crippen LogP contribution in [-0.2, 0) is 6.42 Å². The van der Waals surface area contributed by atoms with Gasteiger partial charge in [-0.05, 0) is 18.2 Å². The molecule has 18 heavy (non-hydrogen) atoms. The summed E-state index contributed by atoms with van der Waals surface area (Å²) in [4.78, 5) is 10.2. The molecule has 1 aromatic heterocycles. The van der Waals surface area contributed by atoms with Gasteiger partial charge in [0.1, 0.15) is 17.3 Å². The molecule has 0 saturated heterocycles. The lowest BCUT2D eigenvalue weighted by Gasteiger charge is -2.06. The molecule has 2 aromatic rings. The first kappa shape index (κ1) is 12.1. The van der Waals surface area contributed by atoms with Gasteiger partial charge in [-0.2, -0.15) is 0 Å². The topological polar surface area (TPSA) is 68.3 Å². The summed E-state index contributed by atoms with van der Waals surface area (Å²) in [6.45, 7) is 0.428. The molecule has 2 rings (SSSR count). The molecule has 0 unspecified atom stereocenters. The van der Waals surface area contributed by atoms with Crippen LogP contribution < -0.4 is 5.32 Å². The molecule has 0 fully saturated rings. The van der Waals surface area contributed by atoms with E-state index in [1.807, 2.05) is 6.07 Å². The van der Waals surface area contributed by atoms with Crippen LogP contribution in [-0.4, -0.2) is 11.5 Å². The predicted molar refractivity (Wildman–Crippen MR) is 64.0 cm³/mol. The lowest BCUT2D eigenvalue weighted by molar-refractivity contribution is -0.384. The molecule has 5 nitrogen and oxygen atoms in total. The van der Waals surface area contributed by atoms with E-state index < -0.39 is 10.7 Å². The number of hydrogen-bond acceptors (Lipinski definition) is 4. The quantitative estimate of drug-likeness (QED) is 0.654. The monoisotopic (exact) mass is 250 g/mol. The summed E-state index contributed by atoms with van der Waals surface area (Å²) in [7, 11) is 0. The molecular weight excluding hydrogens is 239 g/mol. The number of furan rings is 1. The van der Waals surface area contributed by atoms with Gasteiger partial charge < -0.3 is 9.73 Å². The van der Waals surface area contributed by atoms with Crippen LogP contribution in [0.4, 0.5) is 15.8 Å². The Morgan fingerprint density at radius 1 is 1.39 bits per heavy atom. The van der Waals surface area contributed by atoms with E-state index in [-0.39, 0.29) is 11.4 Å². The molecule has 0 aliphatic rings. The zero-order valence-corrected chi connectivity index (χ0v) is 9.43. The van der Waals surface area contributed by atoms with Gasteiger partial charge in [0.15, 0.2) is 0 Å². The highest BCUT2D eigenvalue weighted by Crippen LogP contribution is 2.24. The minimum atomic E-state index is -0.547. The van der Waals surface area contributed by atoms with E-state index in [9.17, 15) is 14.5 Å². The van der Waals surface area contributed by atoms with E-state index in [0.29, 0.717) is 13.0 Å². The molecular formula is C12H11FN2O3. The Morgan fingerprint density at radius 3 is 2.89 bits per heavy atom. The van der Waals surface area contributed by atoms with Crippen molar-refractivity contribution in [3.63, 3.8) is 0 Å². The highest BCUT2D eigenvalue weighted by atomic mass is 19.1. The average molecular weight is 250 g/mol. The first-order valence-electron chi connectivity index (χ1n) is 5.37. The molecule has 0 aliphatic carbocycles. The standard InChI is InChI=1S/C12H11FN2O3/c13-9-3-4-12(15(16)17)11(8-9)14-6-5-10-2-1-7-18-10/h1-4,7-8,14H,5-6H2. The number of nitro benzene ring substituents is 1. The Hall–Kier alpha value is -2.37. The molecule has 0 radical (unpaired) electrons. The second kappa shape index (κ2) is 5.31. The largest absolute Gasteiger partial charge is 0.469 e. The van der Waals surface area contributed by atoms with Gasteiger partial charge in [0, 0.05) is 25.1 Å². The summed E-state index contributed by atoms with van der Waals surface area (Å²) in [6.07, 6.45) is 2.13. The molecule has 1 N–H and O–H groups in total. The number of hydrogen-bond donors (Lipinski definition) is 1. The molecule has 94 valence electrons. The molecule has 0 atom stereocenters. The minimum absolute atomic E-state index is 0.143. The van der Waals surface area contributed by atoms with Gasteiger partial charge in [0.25, 0.3) is 5.69 Å². The highest BCUT2D eigenvalue weighted by molar-refractivity contribution is 5.61. The van der Waals surface area contributed by atoms with Crippen molar-refractivity contribution >= 4 is 11.4 Å². The fourth-order valence-electron chi connectivity index (χ4n) is 1.58. The molecule has 0 saturated carbocycles. The lowest BCUT2D eigenvalue weighted by atomic mass is 10.2. The van der Waals surface area contributed by atoms with Gasteiger partial charge in [-0.25, -0.2) is 4.39 Å². The van der Waals surface area contributed by atoms with Crippen LogP contribution in [0.25, 0.3) is 0 Å². The Balaban J connectivity index is 2.03. The van der Waals surface area contributed by atoms with Crippen LogP contribution >= 0.6 is 0 Å². The minimum Gasteiger partial charge on any atom is -0.469 e. The first-order valence-corrected chi connectivity index (χ1v) is 5.37. The summed E-state index contributed by atoms with van der Waals surface area (Å²) in [5.74, 6) is 0.252. The van der Waals surface area contributed by atoms with Crippen molar-refractivity contribution in [2.45, 2.75) is 6.42 Å². The number of halogens is 1. The average Bonchev–Trinajstić information content (AvgIpc) is 2.82. The number of nitrogens with zero attached hydrogens (tertiary/aromatic N) is 1. The zero-order chi connectivity index (χ0) is 13.0. The summed E-state index contributed by atoms with van der Waals surface area (Å²) >= 11 is 0. The molecule has 0 amide bonds. The van der Waals surface area contributed by atoms with Gasteiger partial charge in [0.05, 0.1) is 11.2 Å². The van der Waals surface area contributed by atoms with Crippen molar-refractivity contribution in [2.75, 3.05) is 11.9 Å². The second-order valence-corrected chi connectivity index (χ2v) is 3.67. The Bertz CT molecular complexity index is 540. The van der Waals surface area contributed by atoms with Gasteiger partial charge in [-0.1, -0.05) is 0 Å². The number of rotatable bonds is 5. The van der Waals surface area contributed by atoms with Crippen molar-refractivity contribution in [1.82, 2.24) is 0 Å². The Kier molecular flexibility index (Phi) is 3.57. The Morgan fingerprint density at radius 2 is 2.22 bits per heavy atom. The van der Waals surface area contributed by atoms with E-state index in [1.165, 1.54) is 0 Å². The Labute approximate surface area is 102 Å². The van der Waals surface area contributed by atoms with Crippen molar-refractivity contribution < 1.29 is 13.7 Å². The molecule has 0 bridgehead atoms. The summed E-state index contributed by atoms with van der Waals surface area (Å²) in [5.41, 5.74) is 0.0300. The smallest absolute Gasteiger partial charge is 0.292 e. The van der Waals surface area contributed by atoms with E-state index in [2.05, 4.69) is 5.32 Å². The summed E-state index contributed by atoms with van der Waals surface area (Å²) in [6, 6.07) is 6.89. The maximum Gasteiger partial charge on any atom is 0.292 e. The van der Waals surface area contributed by atoms with Gasteiger partial charge in [-0.3, -0.25) is 10.1 Å². The molecule has 1 aromatic carbocycles. The number of nitrogens with one attached hydrogen (secondary N) is 1. The zero-order valence-electron chi connectivity index (χ0n) is 9.43. The van der Waals surface area contributed by atoms with E-state index in [0.717, 1.165) is 24.0 Å². The van der Waals surface area contributed by atoms with Crippen molar-refractivity contribution in [2.24, 2.45) is 0 Å². The number of nitro groups is 1. The van der Waals surface area contributed by atoms with Crippen LogP contribution in [0.5, 0.6) is 0 Å². The highest BCUT2D eigenvalue weighted by Gasteiger charge is 2.13. The van der Waals surface area contributed by atoms with Crippen molar-refractivity contribution in [1.29, 1.82) is 0 Å². The van der Waals surface area contributed by atoms with Crippen LogP contribution in [0.15, 0.2) is 41.0 Å². The van der Waals surface area contributed by atoms with Gasteiger partial charge >= 0.3 is 0 Å². The molecule has 6 heteroatoms. The molecule has 0 spiro atoms. The third-order valence-corrected chi connectivity index (χ3v) is 2.42. The van der Waals surface area contributed by atoms with Crippen LogP contribution in [0.2, 0.25) is 0 Å². The summed E-state index contributed by atoms with van der Waals surface area (Å²) < 4.78 is 18.2. The normalized spacial score (nSPS) is 10.3. The third-order valence-electron chi connectivity index (χ3n) is 2.42. The van der Waals surface area contributed by atoms with E-state index in [1.54, 1.807) is 12.3 Å². The first-order chi connectivity index (χ1) is 8.66. The maximum atomic E-state index is 13.0. The third kappa shape index (κ3) is 2.85. The molecule has 1 heterocycles. The summed E-state index contributed by atoms with van der Waals surface area (Å²) in [5, 5.41) is 13.6. The number of anilines is 1. The van der Waals surface area contributed by atoms with Crippen LogP contribution in [0, 0.1) is 15.9 Å².